The number of rotatable bonds is 7. The Bertz CT molecular complexity index is 1140. The molecule has 0 N–H and O–H groups in total. The van der Waals surface area contributed by atoms with E-state index in [0.29, 0.717) is 16.7 Å². The van der Waals surface area contributed by atoms with Gasteiger partial charge in [0.15, 0.2) is 23.1 Å². The molecule has 3 nitrogen and oxygen atoms in total. The van der Waals surface area contributed by atoms with Gasteiger partial charge < -0.3 is 14.2 Å². The highest BCUT2D eigenvalue weighted by atomic mass is 19.2. The summed E-state index contributed by atoms with van der Waals surface area (Å²) in [5.74, 6) is -4.31. The van der Waals surface area contributed by atoms with Gasteiger partial charge in [-0.2, -0.15) is 8.78 Å². The van der Waals surface area contributed by atoms with E-state index in [9.17, 15) is 17.6 Å². The lowest BCUT2D eigenvalue weighted by Crippen LogP contribution is -2.20. The minimum atomic E-state index is -1.06. The smallest absolute Gasteiger partial charge is 0.201 e. The van der Waals surface area contributed by atoms with Crippen LogP contribution in [0.5, 0.6) is 11.5 Å². The van der Waals surface area contributed by atoms with E-state index >= 15 is 0 Å². The standard InChI is InChI=1S/C27H26F4O3/c1-32-19-9-7-18(8-10-19)21-12-14-23(27(31)25(21)29)34-15-16-3-5-17(6-4-16)20-11-13-22(33-2)26(30)24(20)28/h3-6,11-14,18-19H,7-10,15H2,1-2H3. The van der Waals surface area contributed by atoms with E-state index in [4.69, 9.17) is 14.2 Å². The molecule has 180 valence electrons. The van der Waals surface area contributed by atoms with Crippen LogP contribution in [0.2, 0.25) is 0 Å². The number of methoxy groups -OCH3 is 2. The molecule has 0 amide bonds. The first kappa shape index (κ1) is 24.1. The normalized spacial score (nSPS) is 18.1. The van der Waals surface area contributed by atoms with Gasteiger partial charge in [0, 0.05) is 12.7 Å². The summed E-state index contributed by atoms with van der Waals surface area (Å²) in [6.45, 7) is -0.00557. The van der Waals surface area contributed by atoms with Crippen molar-refractivity contribution in [2.75, 3.05) is 14.2 Å². The van der Waals surface area contributed by atoms with Crippen LogP contribution in [0.4, 0.5) is 17.6 Å². The summed E-state index contributed by atoms with van der Waals surface area (Å²) in [7, 11) is 2.93. The molecule has 1 saturated carbocycles. The number of ether oxygens (including phenoxy) is 3. The Labute approximate surface area is 196 Å². The van der Waals surface area contributed by atoms with Crippen LogP contribution < -0.4 is 9.47 Å². The molecule has 0 bridgehead atoms. The van der Waals surface area contributed by atoms with Gasteiger partial charge in [-0.3, -0.25) is 0 Å². The molecular weight excluding hydrogens is 448 g/mol. The molecule has 0 heterocycles. The lowest BCUT2D eigenvalue weighted by molar-refractivity contribution is 0.0654. The van der Waals surface area contributed by atoms with Gasteiger partial charge in [0.2, 0.25) is 11.6 Å². The summed E-state index contributed by atoms with van der Waals surface area (Å²) in [6.07, 6.45) is 3.33. The Hall–Kier alpha value is -3.06. The van der Waals surface area contributed by atoms with Gasteiger partial charge in [0.05, 0.1) is 13.2 Å². The van der Waals surface area contributed by atoms with Crippen molar-refractivity contribution in [3.8, 4) is 22.6 Å². The van der Waals surface area contributed by atoms with E-state index in [1.165, 1.54) is 25.3 Å². The minimum Gasteiger partial charge on any atom is -0.494 e. The highest BCUT2D eigenvalue weighted by molar-refractivity contribution is 5.65. The molecule has 0 radical (unpaired) electrons. The molecule has 1 fully saturated rings. The Morgan fingerprint density at radius 2 is 1.35 bits per heavy atom. The first-order chi connectivity index (χ1) is 16.4. The third-order valence-corrected chi connectivity index (χ3v) is 6.45. The van der Waals surface area contributed by atoms with Crippen molar-refractivity contribution < 1.29 is 31.8 Å². The zero-order valence-electron chi connectivity index (χ0n) is 19.0. The van der Waals surface area contributed by atoms with Crippen LogP contribution >= 0.6 is 0 Å². The molecule has 4 rings (SSSR count). The van der Waals surface area contributed by atoms with Crippen molar-refractivity contribution in [1.29, 1.82) is 0 Å². The van der Waals surface area contributed by atoms with Crippen molar-refractivity contribution in [3.63, 3.8) is 0 Å². The molecule has 0 atom stereocenters. The fourth-order valence-corrected chi connectivity index (χ4v) is 4.44. The van der Waals surface area contributed by atoms with Gasteiger partial charge >= 0.3 is 0 Å². The number of benzene rings is 3. The van der Waals surface area contributed by atoms with Crippen molar-refractivity contribution in [2.45, 2.75) is 44.3 Å². The van der Waals surface area contributed by atoms with Crippen LogP contribution in [-0.2, 0) is 11.3 Å². The zero-order chi connectivity index (χ0) is 24.2. The minimum absolute atomic E-state index is 0.00557. The third kappa shape index (κ3) is 4.89. The molecule has 3 aromatic carbocycles. The lowest BCUT2D eigenvalue weighted by Gasteiger charge is -2.28. The van der Waals surface area contributed by atoms with E-state index < -0.39 is 23.3 Å². The molecule has 0 aliphatic heterocycles. The first-order valence-electron chi connectivity index (χ1n) is 11.2. The number of hydrogen-bond acceptors (Lipinski definition) is 3. The van der Waals surface area contributed by atoms with Crippen LogP contribution in [0.25, 0.3) is 11.1 Å². The monoisotopic (exact) mass is 474 g/mol. The highest BCUT2D eigenvalue weighted by Crippen LogP contribution is 2.37. The molecule has 7 heteroatoms. The van der Waals surface area contributed by atoms with Crippen molar-refractivity contribution in [2.24, 2.45) is 0 Å². The maximum absolute atomic E-state index is 14.8. The van der Waals surface area contributed by atoms with Gasteiger partial charge in [0.1, 0.15) is 6.61 Å². The quantitative estimate of drug-likeness (QED) is 0.340. The van der Waals surface area contributed by atoms with E-state index in [1.807, 2.05) is 0 Å². The van der Waals surface area contributed by atoms with Gasteiger partial charge in [-0.15, -0.1) is 0 Å². The zero-order valence-corrected chi connectivity index (χ0v) is 19.0. The third-order valence-electron chi connectivity index (χ3n) is 6.45. The van der Waals surface area contributed by atoms with E-state index in [1.54, 1.807) is 37.4 Å². The summed E-state index contributed by atoms with van der Waals surface area (Å²) in [4.78, 5) is 0. The van der Waals surface area contributed by atoms with Crippen LogP contribution in [0.1, 0.15) is 42.7 Å². The second-order valence-electron chi connectivity index (χ2n) is 8.42. The van der Waals surface area contributed by atoms with Crippen LogP contribution in [0, 0.1) is 23.3 Å². The summed E-state index contributed by atoms with van der Waals surface area (Å²) in [6, 6.07) is 12.4. The number of halogens is 4. The number of hydrogen-bond donors (Lipinski definition) is 0. The maximum Gasteiger partial charge on any atom is 0.201 e. The Balaban J connectivity index is 1.43. The summed E-state index contributed by atoms with van der Waals surface area (Å²) in [5, 5.41) is 0. The Morgan fingerprint density at radius 1 is 0.706 bits per heavy atom. The largest absolute Gasteiger partial charge is 0.494 e. The summed E-state index contributed by atoms with van der Waals surface area (Å²) < 4.78 is 73.4. The van der Waals surface area contributed by atoms with E-state index in [-0.39, 0.29) is 35.7 Å². The molecule has 0 unspecified atom stereocenters. The average molecular weight is 474 g/mol. The van der Waals surface area contributed by atoms with Crippen LogP contribution in [-0.4, -0.2) is 20.3 Å². The van der Waals surface area contributed by atoms with Gasteiger partial charge in [-0.05, 0) is 66.5 Å². The van der Waals surface area contributed by atoms with E-state index in [2.05, 4.69) is 0 Å². The second-order valence-corrected chi connectivity index (χ2v) is 8.42. The summed E-state index contributed by atoms with van der Waals surface area (Å²) >= 11 is 0. The Kier molecular flexibility index (Phi) is 7.41. The fraction of sp³-hybridized carbons (Fsp3) is 0.333. The molecular formula is C27H26F4O3. The van der Waals surface area contributed by atoms with E-state index in [0.717, 1.165) is 25.7 Å². The molecule has 3 aromatic rings. The maximum atomic E-state index is 14.8. The van der Waals surface area contributed by atoms with Crippen molar-refractivity contribution in [3.05, 3.63) is 82.9 Å². The summed E-state index contributed by atoms with van der Waals surface area (Å²) in [5.41, 5.74) is 1.60. The molecule has 0 saturated heterocycles. The SMILES string of the molecule is COc1ccc(-c2ccc(COc3ccc(C4CCC(OC)CC4)c(F)c3F)cc2)c(F)c1F. The molecule has 1 aliphatic carbocycles. The van der Waals surface area contributed by atoms with Gasteiger partial charge in [-0.1, -0.05) is 30.3 Å². The van der Waals surface area contributed by atoms with Gasteiger partial charge in [-0.25, -0.2) is 8.78 Å². The molecule has 0 aromatic heterocycles. The topological polar surface area (TPSA) is 27.7 Å². The highest BCUT2D eigenvalue weighted by Gasteiger charge is 2.26. The fourth-order valence-electron chi connectivity index (χ4n) is 4.44. The average Bonchev–Trinajstić information content (AvgIpc) is 2.87. The predicted octanol–water partition coefficient (Wildman–Crippen LogP) is 7.17. The molecule has 0 spiro atoms. The second kappa shape index (κ2) is 10.5. The molecule has 1 aliphatic rings. The van der Waals surface area contributed by atoms with Crippen molar-refractivity contribution in [1.82, 2.24) is 0 Å². The van der Waals surface area contributed by atoms with Crippen LogP contribution in [0.3, 0.4) is 0 Å². The van der Waals surface area contributed by atoms with Crippen LogP contribution in [0.15, 0.2) is 48.5 Å². The first-order valence-corrected chi connectivity index (χ1v) is 11.2. The predicted molar refractivity (Wildman–Crippen MR) is 121 cm³/mol. The Morgan fingerprint density at radius 3 is 2.00 bits per heavy atom. The lowest BCUT2D eigenvalue weighted by atomic mass is 9.82. The van der Waals surface area contributed by atoms with Gasteiger partial charge in [0.25, 0.3) is 0 Å². The van der Waals surface area contributed by atoms with Crippen molar-refractivity contribution >= 4 is 0 Å². The molecule has 34 heavy (non-hydrogen) atoms.